The normalized spacial score (nSPS) is 41.1. The summed E-state index contributed by atoms with van der Waals surface area (Å²) in [5.74, 6) is 2.10. The van der Waals surface area contributed by atoms with Crippen LogP contribution in [-0.2, 0) is 4.79 Å². The number of amides is 1. The highest BCUT2D eigenvalue weighted by Crippen LogP contribution is 2.37. The molecule has 5 atom stereocenters. The number of hydrogen-bond acceptors (Lipinski definition) is 2. The van der Waals surface area contributed by atoms with Crippen LogP contribution in [0.4, 0.5) is 0 Å². The van der Waals surface area contributed by atoms with Crippen molar-refractivity contribution in [1.82, 2.24) is 10.2 Å². The highest BCUT2D eigenvalue weighted by atomic mass is 16.2. The van der Waals surface area contributed by atoms with Gasteiger partial charge in [-0.1, -0.05) is 34.6 Å². The van der Waals surface area contributed by atoms with E-state index in [0.29, 0.717) is 23.8 Å². The van der Waals surface area contributed by atoms with Crippen molar-refractivity contribution in [3.8, 4) is 0 Å². The van der Waals surface area contributed by atoms with Crippen molar-refractivity contribution in [3.05, 3.63) is 0 Å². The first-order chi connectivity index (χ1) is 8.47. The molecule has 0 radical (unpaired) electrons. The van der Waals surface area contributed by atoms with E-state index in [2.05, 4.69) is 44.8 Å². The van der Waals surface area contributed by atoms with Crippen molar-refractivity contribution < 1.29 is 4.79 Å². The summed E-state index contributed by atoms with van der Waals surface area (Å²) < 4.78 is 0. The van der Waals surface area contributed by atoms with E-state index in [1.54, 1.807) is 0 Å². The van der Waals surface area contributed by atoms with Gasteiger partial charge in [0.1, 0.15) is 0 Å². The van der Waals surface area contributed by atoms with Crippen LogP contribution in [0.25, 0.3) is 0 Å². The van der Waals surface area contributed by atoms with E-state index in [4.69, 9.17) is 0 Å². The molecule has 2 aliphatic rings. The van der Waals surface area contributed by atoms with E-state index in [1.807, 2.05) is 0 Å². The number of carbonyl (C=O) groups excluding carboxylic acids is 1. The van der Waals surface area contributed by atoms with E-state index in [-0.39, 0.29) is 12.2 Å². The molecule has 3 nitrogen and oxygen atoms in total. The van der Waals surface area contributed by atoms with Gasteiger partial charge in [0.15, 0.2) is 0 Å². The molecule has 5 unspecified atom stereocenters. The topological polar surface area (TPSA) is 32.3 Å². The first-order valence-corrected chi connectivity index (χ1v) is 7.55. The number of carbonyl (C=O) groups is 1. The van der Waals surface area contributed by atoms with E-state index in [0.717, 1.165) is 12.3 Å². The Morgan fingerprint density at radius 1 is 1.33 bits per heavy atom. The van der Waals surface area contributed by atoms with Crippen LogP contribution in [0, 0.1) is 17.8 Å². The zero-order valence-corrected chi connectivity index (χ0v) is 12.4. The first-order valence-electron chi connectivity index (χ1n) is 7.55. The molecule has 0 aromatic carbocycles. The molecule has 0 aromatic rings. The maximum Gasteiger partial charge on any atom is 0.241 e. The lowest BCUT2D eigenvalue weighted by molar-refractivity contribution is -0.133. The predicted octanol–water partition coefficient (Wildman–Crippen LogP) is 2.61. The molecule has 104 valence electrons. The van der Waals surface area contributed by atoms with Crippen LogP contribution in [0.3, 0.4) is 0 Å². The van der Waals surface area contributed by atoms with Crippen LogP contribution in [-0.4, -0.2) is 29.1 Å². The van der Waals surface area contributed by atoms with Gasteiger partial charge < -0.3 is 4.90 Å². The van der Waals surface area contributed by atoms with Crippen LogP contribution in [0.2, 0.25) is 0 Å². The van der Waals surface area contributed by atoms with Gasteiger partial charge in [0.25, 0.3) is 0 Å². The third-order valence-electron chi connectivity index (χ3n) is 5.06. The smallest absolute Gasteiger partial charge is 0.241 e. The summed E-state index contributed by atoms with van der Waals surface area (Å²) in [6, 6.07) is 0.478. The lowest BCUT2D eigenvalue weighted by atomic mass is 9.96. The Kier molecular flexibility index (Phi) is 4.00. The molecule has 1 amide bonds. The highest BCUT2D eigenvalue weighted by molar-refractivity contribution is 5.85. The summed E-state index contributed by atoms with van der Waals surface area (Å²) in [5.41, 5.74) is 0. The van der Waals surface area contributed by atoms with E-state index < -0.39 is 0 Å². The number of hydrogen-bond donors (Lipinski definition) is 1. The second kappa shape index (κ2) is 5.20. The van der Waals surface area contributed by atoms with Crippen molar-refractivity contribution in [2.45, 2.75) is 72.1 Å². The molecule has 1 heterocycles. The van der Waals surface area contributed by atoms with Crippen LogP contribution >= 0.6 is 0 Å². The molecule has 1 N–H and O–H groups in total. The molecule has 2 rings (SSSR count). The third-order valence-corrected chi connectivity index (χ3v) is 5.06. The number of nitrogens with zero attached hydrogens (tertiary/aromatic N) is 1. The second-order valence-electron chi connectivity index (χ2n) is 6.54. The van der Waals surface area contributed by atoms with Gasteiger partial charge in [0.05, 0.1) is 12.2 Å². The van der Waals surface area contributed by atoms with Crippen molar-refractivity contribution in [3.63, 3.8) is 0 Å². The Morgan fingerprint density at radius 2 is 2.00 bits per heavy atom. The zero-order chi connectivity index (χ0) is 13.4. The summed E-state index contributed by atoms with van der Waals surface area (Å²) >= 11 is 0. The van der Waals surface area contributed by atoms with Gasteiger partial charge in [-0.2, -0.15) is 0 Å². The van der Waals surface area contributed by atoms with Crippen LogP contribution in [0.1, 0.15) is 53.9 Å². The molecule has 1 aliphatic heterocycles. The van der Waals surface area contributed by atoms with Gasteiger partial charge in [0.2, 0.25) is 5.91 Å². The lowest BCUT2D eigenvalue weighted by Gasteiger charge is -2.33. The highest BCUT2D eigenvalue weighted by Gasteiger charge is 2.46. The average molecular weight is 252 g/mol. The Hall–Kier alpha value is -0.570. The van der Waals surface area contributed by atoms with Crippen molar-refractivity contribution in [2.75, 3.05) is 0 Å². The Labute approximate surface area is 111 Å². The molecular formula is C15H28N2O. The summed E-state index contributed by atoms with van der Waals surface area (Å²) in [6.45, 7) is 11.1. The molecule has 0 aromatic heterocycles. The molecule has 0 bridgehead atoms. The molecule has 1 saturated heterocycles. The van der Waals surface area contributed by atoms with E-state index >= 15 is 0 Å². The molecular weight excluding hydrogens is 224 g/mol. The van der Waals surface area contributed by atoms with Gasteiger partial charge >= 0.3 is 0 Å². The van der Waals surface area contributed by atoms with Gasteiger partial charge in [-0.05, 0) is 37.0 Å². The molecule has 18 heavy (non-hydrogen) atoms. The monoisotopic (exact) mass is 252 g/mol. The average Bonchev–Trinajstić information content (AvgIpc) is 2.81. The van der Waals surface area contributed by atoms with E-state index in [9.17, 15) is 4.79 Å². The van der Waals surface area contributed by atoms with Gasteiger partial charge in [0, 0.05) is 6.04 Å². The van der Waals surface area contributed by atoms with Crippen molar-refractivity contribution >= 4 is 5.91 Å². The van der Waals surface area contributed by atoms with Gasteiger partial charge in [-0.25, -0.2) is 0 Å². The minimum atomic E-state index is 0.0260. The fraction of sp³-hybridized carbons (Fsp3) is 0.933. The molecule has 0 spiro atoms. The molecule has 1 saturated carbocycles. The summed E-state index contributed by atoms with van der Waals surface area (Å²) in [7, 11) is 0. The summed E-state index contributed by atoms with van der Waals surface area (Å²) in [6.07, 6.45) is 3.70. The summed E-state index contributed by atoms with van der Waals surface area (Å²) in [5, 5.41) is 3.53. The second-order valence-corrected chi connectivity index (χ2v) is 6.54. The third kappa shape index (κ3) is 2.18. The standard InChI is InChI=1S/C15H28N2O/c1-6-13-16-14(9(2)3)15(18)17(13)12-8-7-10(4)11(12)5/h9-14,16H,6-8H2,1-5H3. The summed E-state index contributed by atoms with van der Waals surface area (Å²) in [4.78, 5) is 14.8. The van der Waals surface area contributed by atoms with Crippen LogP contribution < -0.4 is 5.32 Å². The maximum absolute atomic E-state index is 12.6. The van der Waals surface area contributed by atoms with Gasteiger partial charge in [-0.3, -0.25) is 10.1 Å². The minimum absolute atomic E-state index is 0.0260. The largest absolute Gasteiger partial charge is 0.323 e. The Morgan fingerprint density at radius 3 is 2.44 bits per heavy atom. The maximum atomic E-state index is 12.6. The quantitative estimate of drug-likeness (QED) is 0.837. The fourth-order valence-electron chi connectivity index (χ4n) is 3.59. The SMILES string of the molecule is CCC1NC(C(C)C)C(=O)N1C1CCC(C)C1C. The molecule has 2 fully saturated rings. The zero-order valence-electron chi connectivity index (χ0n) is 12.4. The number of rotatable bonds is 3. The van der Waals surface area contributed by atoms with E-state index in [1.165, 1.54) is 12.8 Å². The predicted molar refractivity (Wildman–Crippen MR) is 74.0 cm³/mol. The fourth-order valence-corrected chi connectivity index (χ4v) is 3.59. The first kappa shape index (κ1) is 13.9. The van der Waals surface area contributed by atoms with Gasteiger partial charge in [-0.15, -0.1) is 0 Å². The van der Waals surface area contributed by atoms with Crippen molar-refractivity contribution in [2.24, 2.45) is 17.8 Å². The molecule has 1 aliphatic carbocycles. The lowest BCUT2D eigenvalue weighted by Crippen LogP contribution is -2.46. The van der Waals surface area contributed by atoms with Crippen LogP contribution in [0.5, 0.6) is 0 Å². The molecule has 3 heteroatoms. The number of nitrogens with one attached hydrogen (secondary N) is 1. The minimum Gasteiger partial charge on any atom is -0.323 e. The van der Waals surface area contributed by atoms with Crippen LogP contribution in [0.15, 0.2) is 0 Å². The Balaban J connectivity index is 2.17. The Bertz CT molecular complexity index is 316. The van der Waals surface area contributed by atoms with Crippen molar-refractivity contribution in [1.29, 1.82) is 0 Å².